The molecule has 0 fully saturated rings. The summed E-state index contributed by atoms with van der Waals surface area (Å²) in [6.45, 7) is 3.64. The Bertz CT molecular complexity index is 1130. The molecular formula is C27H27F2NO4. The lowest BCUT2D eigenvalue weighted by Gasteiger charge is -2.22. The molecule has 0 aliphatic carbocycles. The number of hydrogen-bond acceptors (Lipinski definition) is 4. The van der Waals surface area contributed by atoms with E-state index in [2.05, 4.69) is 5.32 Å². The van der Waals surface area contributed by atoms with Gasteiger partial charge in [0.25, 0.3) is 5.91 Å². The molecule has 0 aliphatic rings. The lowest BCUT2D eigenvalue weighted by molar-refractivity contribution is -0.147. The van der Waals surface area contributed by atoms with Crippen LogP contribution in [0.3, 0.4) is 0 Å². The van der Waals surface area contributed by atoms with Gasteiger partial charge in [0.15, 0.2) is 17.4 Å². The van der Waals surface area contributed by atoms with Crippen LogP contribution in [0.2, 0.25) is 0 Å². The van der Waals surface area contributed by atoms with Crippen LogP contribution in [0.5, 0.6) is 5.75 Å². The van der Waals surface area contributed by atoms with E-state index >= 15 is 0 Å². The highest BCUT2D eigenvalue weighted by Crippen LogP contribution is 2.24. The Kier molecular flexibility index (Phi) is 8.35. The Hall–Kier alpha value is -3.74. The minimum absolute atomic E-state index is 0.237. The summed E-state index contributed by atoms with van der Waals surface area (Å²) in [5, 5.41) is 12.2. The second kappa shape index (κ2) is 11.4. The van der Waals surface area contributed by atoms with E-state index in [4.69, 9.17) is 4.74 Å². The summed E-state index contributed by atoms with van der Waals surface area (Å²) < 4.78 is 32.7. The van der Waals surface area contributed by atoms with E-state index in [0.717, 1.165) is 28.8 Å². The Labute approximate surface area is 197 Å². The van der Waals surface area contributed by atoms with Gasteiger partial charge in [0.1, 0.15) is 0 Å². The molecule has 5 nitrogen and oxygen atoms in total. The first-order chi connectivity index (χ1) is 16.3. The maximum atomic E-state index is 14.3. The summed E-state index contributed by atoms with van der Waals surface area (Å²) in [7, 11) is 0. The van der Waals surface area contributed by atoms with Crippen LogP contribution in [0.15, 0.2) is 66.7 Å². The summed E-state index contributed by atoms with van der Waals surface area (Å²) in [6.07, 6.45) is 0.624. The van der Waals surface area contributed by atoms with Crippen LogP contribution < -0.4 is 5.32 Å². The summed E-state index contributed by atoms with van der Waals surface area (Å²) >= 11 is 0. The molecule has 0 bridgehead atoms. The number of aromatic hydroxyl groups is 1. The molecule has 3 aromatic rings. The molecule has 0 spiro atoms. The molecule has 0 radical (unpaired) electrons. The number of amides is 1. The van der Waals surface area contributed by atoms with Crippen LogP contribution in [-0.4, -0.2) is 29.6 Å². The number of hydrogen-bond donors (Lipinski definition) is 2. The standard InChI is InChI=1S/C27H27F2NO4/c1-3-34-27(33)17(2)15-21(30-26(32)22-13-14-23(28)25(31)24(22)29)16-18-9-11-20(12-10-18)19-7-5-4-6-8-19/h4-14,17,21,31H,3,15-16H2,1-2H3,(H,30,32)/t17-,21?/m1/s1. The second-order valence-electron chi connectivity index (χ2n) is 8.08. The van der Waals surface area contributed by atoms with E-state index in [-0.39, 0.29) is 13.0 Å². The number of ether oxygens (including phenoxy) is 1. The first kappa shape index (κ1) is 24.9. The van der Waals surface area contributed by atoms with E-state index < -0.39 is 46.8 Å². The van der Waals surface area contributed by atoms with Crippen molar-refractivity contribution < 1.29 is 28.2 Å². The zero-order valence-corrected chi connectivity index (χ0v) is 19.1. The molecule has 1 unspecified atom stereocenters. The van der Waals surface area contributed by atoms with Gasteiger partial charge < -0.3 is 15.2 Å². The van der Waals surface area contributed by atoms with Gasteiger partial charge in [0.2, 0.25) is 0 Å². The number of phenols is 1. The molecule has 2 N–H and O–H groups in total. The van der Waals surface area contributed by atoms with Crippen LogP contribution in [0.1, 0.15) is 36.2 Å². The number of esters is 1. The van der Waals surface area contributed by atoms with Gasteiger partial charge in [-0.1, -0.05) is 61.5 Å². The predicted octanol–water partition coefficient (Wildman–Crippen LogP) is 5.27. The molecule has 3 aromatic carbocycles. The number of nitrogens with one attached hydrogen (secondary N) is 1. The molecule has 178 valence electrons. The summed E-state index contributed by atoms with van der Waals surface area (Å²) in [5.74, 6) is -5.41. The van der Waals surface area contributed by atoms with Crippen molar-refractivity contribution in [2.24, 2.45) is 5.92 Å². The van der Waals surface area contributed by atoms with Crippen molar-refractivity contribution in [3.63, 3.8) is 0 Å². The maximum absolute atomic E-state index is 14.3. The summed E-state index contributed by atoms with van der Waals surface area (Å²) in [5.41, 5.74) is 2.53. The number of phenolic OH excluding ortho intramolecular Hbond substituents is 1. The molecule has 3 rings (SSSR count). The number of rotatable bonds is 9. The van der Waals surface area contributed by atoms with E-state index in [1.54, 1.807) is 13.8 Å². The number of halogens is 2. The average Bonchev–Trinajstić information content (AvgIpc) is 2.83. The normalized spacial score (nSPS) is 12.6. The first-order valence-corrected chi connectivity index (χ1v) is 11.1. The monoisotopic (exact) mass is 467 g/mol. The van der Waals surface area contributed by atoms with Crippen LogP contribution in [0, 0.1) is 17.6 Å². The van der Waals surface area contributed by atoms with Crippen LogP contribution in [0.25, 0.3) is 11.1 Å². The zero-order chi connectivity index (χ0) is 24.7. The van der Waals surface area contributed by atoms with Crippen LogP contribution in [0.4, 0.5) is 8.78 Å². The molecule has 7 heteroatoms. The predicted molar refractivity (Wildman–Crippen MR) is 125 cm³/mol. The van der Waals surface area contributed by atoms with Crippen molar-refractivity contribution in [1.82, 2.24) is 5.32 Å². The highest BCUT2D eigenvalue weighted by molar-refractivity contribution is 5.95. The molecular weight excluding hydrogens is 440 g/mol. The lowest BCUT2D eigenvalue weighted by Crippen LogP contribution is -2.39. The molecule has 2 atom stereocenters. The molecule has 34 heavy (non-hydrogen) atoms. The van der Waals surface area contributed by atoms with E-state index in [0.29, 0.717) is 6.42 Å². The SMILES string of the molecule is CCOC(=O)[C@H](C)CC(Cc1ccc(-c2ccccc2)cc1)NC(=O)c1ccc(F)c(O)c1F. The quantitative estimate of drug-likeness (QED) is 0.421. The smallest absolute Gasteiger partial charge is 0.308 e. The molecule has 0 aromatic heterocycles. The number of carbonyl (C=O) groups is 2. The van der Waals surface area contributed by atoms with Gasteiger partial charge in [-0.2, -0.15) is 0 Å². The van der Waals surface area contributed by atoms with E-state index in [1.165, 1.54) is 0 Å². The second-order valence-corrected chi connectivity index (χ2v) is 8.08. The Morgan fingerprint density at radius 1 is 0.971 bits per heavy atom. The van der Waals surface area contributed by atoms with E-state index in [9.17, 15) is 23.5 Å². The maximum Gasteiger partial charge on any atom is 0.308 e. The fourth-order valence-corrected chi connectivity index (χ4v) is 3.73. The minimum atomic E-state index is -1.33. The fourth-order valence-electron chi connectivity index (χ4n) is 3.73. The van der Waals surface area contributed by atoms with Crippen molar-refractivity contribution in [3.8, 4) is 16.9 Å². The third-order valence-corrected chi connectivity index (χ3v) is 5.52. The minimum Gasteiger partial charge on any atom is -0.503 e. The third-order valence-electron chi connectivity index (χ3n) is 5.52. The number of benzene rings is 3. The highest BCUT2D eigenvalue weighted by atomic mass is 19.1. The molecule has 0 saturated carbocycles. The average molecular weight is 468 g/mol. The number of carbonyl (C=O) groups excluding carboxylic acids is 2. The van der Waals surface area contributed by atoms with E-state index in [1.807, 2.05) is 54.6 Å². The van der Waals surface area contributed by atoms with Gasteiger partial charge >= 0.3 is 5.97 Å². The molecule has 0 heterocycles. The van der Waals surface area contributed by atoms with Gasteiger partial charge in [-0.15, -0.1) is 0 Å². The van der Waals surface area contributed by atoms with Gasteiger partial charge in [0, 0.05) is 6.04 Å². The van der Waals surface area contributed by atoms with Crippen LogP contribution in [-0.2, 0) is 16.0 Å². The lowest BCUT2D eigenvalue weighted by atomic mass is 9.94. The Morgan fingerprint density at radius 3 is 2.26 bits per heavy atom. The van der Waals surface area contributed by atoms with Gasteiger partial charge in [-0.3, -0.25) is 9.59 Å². The van der Waals surface area contributed by atoms with Gasteiger partial charge in [-0.25, -0.2) is 8.78 Å². The third kappa shape index (κ3) is 6.19. The van der Waals surface area contributed by atoms with Crippen molar-refractivity contribution >= 4 is 11.9 Å². The van der Waals surface area contributed by atoms with Crippen molar-refractivity contribution in [1.29, 1.82) is 0 Å². The van der Waals surface area contributed by atoms with Crippen molar-refractivity contribution in [2.45, 2.75) is 32.7 Å². The molecule has 1 amide bonds. The molecule has 0 aliphatic heterocycles. The van der Waals surface area contributed by atoms with Crippen LogP contribution >= 0.6 is 0 Å². The highest BCUT2D eigenvalue weighted by Gasteiger charge is 2.25. The molecule has 0 saturated heterocycles. The van der Waals surface area contributed by atoms with Gasteiger partial charge in [0.05, 0.1) is 18.1 Å². The van der Waals surface area contributed by atoms with Crippen molar-refractivity contribution in [2.75, 3.05) is 6.61 Å². The summed E-state index contributed by atoms with van der Waals surface area (Å²) in [4.78, 5) is 24.9. The van der Waals surface area contributed by atoms with Gasteiger partial charge in [-0.05, 0) is 48.6 Å². The largest absolute Gasteiger partial charge is 0.503 e. The van der Waals surface area contributed by atoms with Crippen molar-refractivity contribution in [3.05, 3.63) is 89.5 Å². The Balaban J connectivity index is 1.80. The summed E-state index contributed by atoms with van der Waals surface area (Å²) in [6, 6.07) is 18.9. The fraction of sp³-hybridized carbons (Fsp3) is 0.259. The topological polar surface area (TPSA) is 75.6 Å². The first-order valence-electron chi connectivity index (χ1n) is 11.1. The zero-order valence-electron chi connectivity index (χ0n) is 19.1. The Morgan fingerprint density at radius 2 is 1.62 bits per heavy atom.